The van der Waals surface area contributed by atoms with Crippen LogP contribution in [0.5, 0.6) is 0 Å². The number of aryl methyl sites for hydroxylation is 1. The lowest BCUT2D eigenvalue weighted by Gasteiger charge is -2.37. The molecular weight excluding hydrogens is 260 g/mol. The number of hydrogen-bond acceptors (Lipinski definition) is 2. The summed E-state index contributed by atoms with van der Waals surface area (Å²) in [6, 6.07) is 10.9. The standard InChI is InChI=1S/C18H22N2O/c1-18(13-19)8-10-20(11-9-18)17(21)16-7-6-14-4-2-3-5-15(14)12-16/h2-5,16H,6-12H2,1H3. The maximum absolute atomic E-state index is 12.7. The van der Waals surface area contributed by atoms with Crippen molar-refractivity contribution in [2.75, 3.05) is 13.1 Å². The lowest BCUT2D eigenvalue weighted by Crippen LogP contribution is -2.45. The van der Waals surface area contributed by atoms with E-state index in [1.54, 1.807) is 0 Å². The summed E-state index contributed by atoms with van der Waals surface area (Å²) in [5.74, 6) is 0.427. The molecule has 1 aromatic rings. The summed E-state index contributed by atoms with van der Waals surface area (Å²) in [6.07, 6.45) is 4.45. The molecule has 3 nitrogen and oxygen atoms in total. The molecule has 1 aliphatic carbocycles. The Bertz CT molecular complexity index is 579. The smallest absolute Gasteiger partial charge is 0.226 e. The molecule has 0 N–H and O–H groups in total. The van der Waals surface area contributed by atoms with Crippen molar-refractivity contribution >= 4 is 5.91 Å². The van der Waals surface area contributed by atoms with Crippen LogP contribution in [0.25, 0.3) is 0 Å². The van der Waals surface area contributed by atoms with Gasteiger partial charge in [-0.2, -0.15) is 5.26 Å². The average molecular weight is 282 g/mol. The number of nitrogens with zero attached hydrogens (tertiary/aromatic N) is 2. The van der Waals surface area contributed by atoms with Crippen molar-refractivity contribution in [3.05, 3.63) is 35.4 Å². The van der Waals surface area contributed by atoms with Crippen LogP contribution in [0.4, 0.5) is 0 Å². The largest absolute Gasteiger partial charge is 0.342 e. The Balaban J connectivity index is 1.64. The van der Waals surface area contributed by atoms with Crippen LogP contribution in [0.3, 0.4) is 0 Å². The number of amides is 1. The molecule has 0 saturated carbocycles. The predicted octanol–water partition coefficient (Wildman–Crippen LogP) is 2.94. The molecule has 0 spiro atoms. The number of fused-ring (bicyclic) bond motifs is 1. The molecule has 2 aliphatic rings. The quantitative estimate of drug-likeness (QED) is 0.795. The summed E-state index contributed by atoms with van der Waals surface area (Å²) in [5, 5.41) is 9.18. The van der Waals surface area contributed by atoms with Crippen LogP contribution in [-0.4, -0.2) is 23.9 Å². The molecule has 110 valence electrons. The zero-order chi connectivity index (χ0) is 14.9. The molecule has 1 amide bonds. The van der Waals surface area contributed by atoms with Crippen molar-refractivity contribution in [1.29, 1.82) is 5.26 Å². The van der Waals surface area contributed by atoms with Crippen LogP contribution in [-0.2, 0) is 17.6 Å². The monoisotopic (exact) mass is 282 g/mol. The van der Waals surface area contributed by atoms with Gasteiger partial charge in [0.1, 0.15) is 0 Å². The highest BCUT2D eigenvalue weighted by molar-refractivity contribution is 5.79. The van der Waals surface area contributed by atoms with Gasteiger partial charge >= 0.3 is 0 Å². The van der Waals surface area contributed by atoms with E-state index in [4.69, 9.17) is 0 Å². The van der Waals surface area contributed by atoms with E-state index in [2.05, 4.69) is 30.3 Å². The van der Waals surface area contributed by atoms with Crippen molar-refractivity contribution in [3.8, 4) is 6.07 Å². The second-order valence-corrected chi connectivity index (χ2v) is 6.71. The van der Waals surface area contributed by atoms with E-state index in [1.807, 2.05) is 11.8 Å². The molecular formula is C18H22N2O. The van der Waals surface area contributed by atoms with Gasteiger partial charge in [-0.1, -0.05) is 24.3 Å². The van der Waals surface area contributed by atoms with E-state index < -0.39 is 0 Å². The summed E-state index contributed by atoms with van der Waals surface area (Å²) in [4.78, 5) is 14.7. The first-order valence-corrected chi connectivity index (χ1v) is 7.88. The van der Waals surface area contributed by atoms with Gasteiger partial charge in [0.2, 0.25) is 5.91 Å². The van der Waals surface area contributed by atoms with Gasteiger partial charge in [-0.3, -0.25) is 4.79 Å². The summed E-state index contributed by atoms with van der Waals surface area (Å²) >= 11 is 0. The maximum Gasteiger partial charge on any atom is 0.226 e. The number of rotatable bonds is 1. The fourth-order valence-corrected chi connectivity index (χ4v) is 3.50. The first kappa shape index (κ1) is 14.1. The third kappa shape index (κ3) is 2.81. The summed E-state index contributed by atoms with van der Waals surface area (Å²) in [6.45, 7) is 3.48. The highest BCUT2D eigenvalue weighted by Gasteiger charge is 2.35. The Labute approximate surface area is 126 Å². The van der Waals surface area contributed by atoms with Crippen LogP contribution < -0.4 is 0 Å². The van der Waals surface area contributed by atoms with Crippen LogP contribution >= 0.6 is 0 Å². The van der Waals surface area contributed by atoms with Gasteiger partial charge < -0.3 is 4.90 Å². The van der Waals surface area contributed by atoms with Gasteiger partial charge in [-0.15, -0.1) is 0 Å². The van der Waals surface area contributed by atoms with Crippen molar-refractivity contribution < 1.29 is 4.79 Å². The fourth-order valence-electron chi connectivity index (χ4n) is 3.50. The molecule has 3 rings (SSSR count). The summed E-state index contributed by atoms with van der Waals surface area (Å²) in [5.41, 5.74) is 2.49. The Morgan fingerprint density at radius 2 is 1.95 bits per heavy atom. The molecule has 0 radical (unpaired) electrons. The number of benzene rings is 1. The van der Waals surface area contributed by atoms with Crippen LogP contribution in [0.15, 0.2) is 24.3 Å². The van der Waals surface area contributed by atoms with Crippen molar-refractivity contribution in [3.63, 3.8) is 0 Å². The number of carbonyl (C=O) groups is 1. The third-order valence-corrected chi connectivity index (χ3v) is 5.14. The second-order valence-electron chi connectivity index (χ2n) is 6.71. The normalized spacial score (nSPS) is 24.0. The molecule has 1 fully saturated rings. The maximum atomic E-state index is 12.7. The molecule has 1 aliphatic heterocycles. The number of carbonyl (C=O) groups excluding carboxylic acids is 1. The SMILES string of the molecule is CC1(C#N)CCN(C(=O)C2CCc3ccccc3C2)CC1. The van der Waals surface area contributed by atoms with Gasteiger partial charge in [-0.25, -0.2) is 0 Å². The molecule has 1 saturated heterocycles. The van der Waals surface area contributed by atoms with Crippen LogP contribution in [0.2, 0.25) is 0 Å². The van der Waals surface area contributed by atoms with E-state index in [9.17, 15) is 10.1 Å². The first-order valence-electron chi connectivity index (χ1n) is 7.88. The number of likely N-dealkylation sites (tertiary alicyclic amines) is 1. The number of nitriles is 1. The van der Waals surface area contributed by atoms with Crippen LogP contribution in [0, 0.1) is 22.7 Å². The third-order valence-electron chi connectivity index (χ3n) is 5.14. The van der Waals surface area contributed by atoms with E-state index in [0.717, 1.165) is 45.2 Å². The van der Waals surface area contributed by atoms with Gasteiger partial charge in [0.15, 0.2) is 0 Å². The zero-order valence-electron chi connectivity index (χ0n) is 12.6. The summed E-state index contributed by atoms with van der Waals surface area (Å²) in [7, 11) is 0. The average Bonchev–Trinajstić information content (AvgIpc) is 2.54. The first-order chi connectivity index (χ1) is 10.1. The van der Waals surface area contributed by atoms with E-state index in [1.165, 1.54) is 11.1 Å². The van der Waals surface area contributed by atoms with Gasteiger partial charge in [-0.05, 0) is 50.2 Å². The minimum Gasteiger partial charge on any atom is -0.342 e. The molecule has 3 heteroatoms. The number of hydrogen-bond donors (Lipinski definition) is 0. The summed E-state index contributed by atoms with van der Waals surface area (Å²) < 4.78 is 0. The zero-order valence-corrected chi connectivity index (χ0v) is 12.6. The Kier molecular flexibility index (Phi) is 3.71. The minimum absolute atomic E-state index is 0.131. The lowest BCUT2D eigenvalue weighted by atomic mass is 9.80. The van der Waals surface area contributed by atoms with Gasteiger partial charge in [0.05, 0.1) is 11.5 Å². The minimum atomic E-state index is -0.240. The predicted molar refractivity (Wildman–Crippen MR) is 81.5 cm³/mol. The van der Waals surface area contributed by atoms with E-state index in [-0.39, 0.29) is 11.3 Å². The highest BCUT2D eigenvalue weighted by Crippen LogP contribution is 2.32. The molecule has 0 bridgehead atoms. The Morgan fingerprint density at radius 1 is 1.29 bits per heavy atom. The molecule has 1 heterocycles. The highest BCUT2D eigenvalue weighted by atomic mass is 16.2. The Hall–Kier alpha value is -1.82. The molecule has 1 unspecified atom stereocenters. The molecule has 1 aromatic carbocycles. The van der Waals surface area contributed by atoms with Crippen molar-refractivity contribution in [1.82, 2.24) is 4.90 Å². The second kappa shape index (κ2) is 5.52. The van der Waals surface area contributed by atoms with E-state index >= 15 is 0 Å². The molecule has 1 atom stereocenters. The van der Waals surface area contributed by atoms with Gasteiger partial charge in [0, 0.05) is 19.0 Å². The van der Waals surface area contributed by atoms with Crippen molar-refractivity contribution in [2.24, 2.45) is 11.3 Å². The lowest BCUT2D eigenvalue weighted by molar-refractivity contribution is -0.137. The molecule has 0 aromatic heterocycles. The Morgan fingerprint density at radius 3 is 2.62 bits per heavy atom. The van der Waals surface area contributed by atoms with Gasteiger partial charge in [0.25, 0.3) is 0 Å². The van der Waals surface area contributed by atoms with Crippen molar-refractivity contribution in [2.45, 2.75) is 39.0 Å². The topological polar surface area (TPSA) is 44.1 Å². The van der Waals surface area contributed by atoms with Crippen LogP contribution in [0.1, 0.15) is 37.3 Å². The fraction of sp³-hybridized carbons (Fsp3) is 0.556. The number of piperidine rings is 1. The van der Waals surface area contributed by atoms with E-state index in [0.29, 0.717) is 5.91 Å². The molecule has 21 heavy (non-hydrogen) atoms.